The third kappa shape index (κ3) is 2.11. The van der Waals surface area contributed by atoms with Gasteiger partial charge < -0.3 is 9.15 Å². The Morgan fingerprint density at radius 1 is 1.50 bits per heavy atom. The molecule has 0 aromatic carbocycles. The Kier molecular flexibility index (Phi) is 3.08. The second kappa shape index (κ2) is 4.78. The van der Waals surface area contributed by atoms with Crippen molar-refractivity contribution >= 4 is 12.4 Å². The Balaban J connectivity index is 1.93. The normalized spacial score (nSPS) is 23.9. The first-order valence-corrected chi connectivity index (χ1v) is 6.74. The lowest BCUT2D eigenvalue weighted by Crippen LogP contribution is -2.32. The lowest BCUT2D eigenvalue weighted by molar-refractivity contribution is -0.105. The average Bonchev–Trinajstić information content (AvgIpc) is 2.44. The Morgan fingerprint density at radius 2 is 2.30 bits per heavy atom. The van der Waals surface area contributed by atoms with E-state index < -0.39 is 0 Å². The van der Waals surface area contributed by atoms with Gasteiger partial charge in [-0.2, -0.15) is 0 Å². The summed E-state index contributed by atoms with van der Waals surface area (Å²) in [5.74, 6) is 1.28. The number of carbonyl (C=O) groups excluding carboxylic acids is 1. The summed E-state index contributed by atoms with van der Waals surface area (Å²) in [5.41, 5.74) is 1.87. The van der Waals surface area contributed by atoms with Gasteiger partial charge in [-0.25, -0.2) is 4.79 Å². The number of rotatable bonds is 2. The van der Waals surface area contributed by atoms with Crippen LogP contribution in [-0.2, 0) is 4.79 Å². The number of aryl methyl sites for hydroxylation is 1. The van der Waals surface area contributed by atoms with Gasteiger partial charge in [-0.05, 0) is 49.3 Å². The van der Waals surface area contributed by atoms with E-state index in [0.717, 1.165) is 31.1 Å². The maximum Gasteiger partial charge on any atom is 0.346 e. The third-order valence-electron chi connectivity index (χ3n) is 4.04. The number of aldehydes is 1. The number of ether oxygens (including phenoxy) is 1. The highest BCUT2D eigenvalue weighted by molar-refractivity contribution is 5.73. The molecule has 2 atom stereocenters. The zero-order valence-electron chi connectivity index (χ0n) is 11.3. The Morgan fingerprint density at radius 3 is 3.05 bits per heavy atom. The van der Waals surface area contributed by atoms with Crippen molar-refractivity contribution < 1.29 is 13.9 Å². The molecule has 1 aromatic heterocycles. The van der Waals surface area contributed by atoms with Gasteiger partial charge in [0.25, 0.3) is 0 Å². The monoisotopic (exact) mass is 272 g/mol. The van der Waals surface area contributed by atoms with Crippen molar-refractivity contribution in [1.29, 1.82) is 0 Å². The van der Waals surface area contributed by atoms with Crippen LogP contribution in [0.2, 0.25) is 0 Å². The molecule has 2 heterocycles. The predicted molar refractivity (Wildman–Crippen MR) is 74.7 cm³/mol. The molecule has 1 aliphatic heterocycles. The Bertz CT molecular complexity index is 666. The SMILES string of the molecule is C=C(C=O)[C@H]1CCC2=Cc3c(cc(C)oc3=O)O[C@H]2C1. The van der Waals surface area contributed by atoms with Crippen LogP contribution in [0.3, 0.4) is 0 Å². The number of carbonyl (C=O) groups is 1. The number of hydrogen-bond acceptors (Lipinski definition) is 4. The smallest absolute Gasteiger partial charge is 0.346 e. The summed E-state index contributed by atoms with van der Waals surface area (Å²) in [5, 5.41) is 0. The van der Waals surface area contributed by atoms with Crippen molar-refractivity contribution in [2.75, 3.05) is 0 Å². The van der Waals surface area contributed by atoms with E-state index in [-0.39, 0.29) is 17.6 Å². The fourth-order valence-corrected chi connectivity index (χ4v) is 2.91. The fraction of sp³-hybridized carbons (Fsp3) is 0.375. The Labute approximate surface area is 116 Å². The summed E-state index contributed by atoms with van der Waals surface area (Å²) in [7, 11) is 0. The quantitative estimate of drug-likeness (QED) is 0.613. The minimum atomic E-state index is -0.356. The maximum absolute atomic E-state index is 11.8. The molecule has 0 spiro atoms. The molecule has 1 saturated carbocycles. The largest absolute Gasteiger partial charge is 0.485 e. The summed E-state index contributed by atoms with van der Waals surface area (Å²) in [6.07, 6.45) is 5.07. The van der Waals surface area contributed by atoms with E-state index >= 15 is 0 Å². The van der Waals surface area contributed by atoms with Crippen molar-refractivity contribution in [2.45, 2.75) is 32.3 Å². The van der Waals surface area contributed by atoms with Crippen LogP contribution in [-0.4, -0.2) is 12.4 Å². The molecule has 1 fully saturated rings. The van der Waals surface area contributed by atoms with E-state index in [4.69, 9.17) is 9.15 Å². The number of allylic oxidation sites excluding steroid dienone is 1. The summed E-state index contributed by atoms with van der Waals surface area (Å²) >= 11 is 0. The molecular formula is C16H16O4. The van der Waals surface area contributed by atoms with Crippen LogP contribution < -0.4 is 10.4 Å². The fourth-order valence-electron chi connectivity index (χ4n) is 2.91. The molecule has 20 heavy (non-hydrogen) atoms. The van der Waals surface area contributed by atoms with Crippen LogP contribution in [0.1, 0.15) is 30.6 Å². The predicted octanol–water partition coefficient (Wildman–Crippen LogP) is 2.65. The molecule has 4 heteroatoms. The molecule has 0 radical (unpaired) electrons. The van der Waals surface area contributed by atoms with Crippen LogP contribution in [0.15, 0.2) is 33.0 Å². The molecule has 0 amide bonds. The van der Waals surface area contributed by atoms with Crippen molar-refractivity contribution in [3.05, 3.63) is 45.5 Å². The van der Waals surface area contributed by atoms with E-state index in [2.05, 4.69) is 6.58 Å². The number of hydrogen-bond donors (Lipinski definition) is 0. The number of fused-ring (bicyclic) bond motifs is 2. The van der Waals surface area contributed by atoms with Crippen molar-refractivity contribution in [2.24, 2.45) is 5.92 Å². The maximum atomic E-state index is 11.8. The van der Waals surface area contributed by atoms with Gasteiger partial charge >= 0.3 is 5.63 Å². The first kappa shape index (κ1) is 12.9. The van der Waals surface area contributed by atoms with Gasteiger partial charge in [0.05, 0.1) is 0 Å². The van der Waals surface area contributed by atoms with Crippen LogP contribution in [0, 0.1) is 12.8 Å². The van der Waals surface area contributed by atoms with Gasteiger partial charge in [0, 0.05) is 6.07 Å². The Hall–Kier alpha value is -2.10. The van der Waals surface area contributed by atoms with Gasteiger partial charge in [0.2, 0.25) is 0 Å². The van der Waals surface area contributed by atoms with Crippen molar-refractivity contribution in [3.8, 4) is 5.75 Å². The van der Waals surface area contributed by atoms with E-state index in [1.165, 1.54) is 0 Å². The first-order chi connectivity index (χ1) is 9.58. The highest BCUT2D eigenvalue weighted by Crippen LogP contribution is 2.39. The van der Waals surface area contributed by atoms with Crippen LogP contribution in [0.25, 0.3) is 6.08 Å². The van der Waals surface area contributed by atoms with Crippen LogP contribution in [0.5, 0.6) is 5.75 Å². The standard InChI is InChI=1S/C16H16O4/c1-9(8-17)11-3-4-12-6-13-15(20-14(12)7-11)5-10(2)19-16(13)18/h5-6,8,11,14H,1,3-4,7H2,2H3/t11-,14-/m0/s1. The van der Waals surface area contributed by atoms with Crippen LogP contribution in [0.4, 0.5) is 0 Å². The van der Waals surface area contributed by atoms with Gasteiger partial charge in [-0.3, -0.25) is 4.79 Å². The van der Waals surface area contributed by atoms with Crippen molar-refractivity contribution in [1.82, 2.24) is 0 Å². The molecular weight excluding hydrogens is 256 g/mol. The van der Waals surface area contributed by atoms with Gasteiger partial charge in [0.1, 0.15) is 29.5 Å². The molecule has 0 bridgehead atoms. The van der Waals surface area contributed by atoms with E-state index in [0.29, 0.717) is 22.6 Å². The lowest BCUT2D eigenvalue weighted by Gasteiger charge is -2.34. The van der Waals surface area contributed by atoms with E-state index in [1.54, 1.807) is 13.0 Å². The van der Waals surface area contributed by atoms with E-state index in [1.807, 2.05) is 6.08 Å². The zero-order chi connectivity index (χ0) is 14.3. The summed E-state index contributed by atoms with van der Waals surface area (Å²) < 4.78 is 11.0. The van der Waals surface area contributed by atoms with Gasteiger partial charge in [-0.15, -0.1) is 0 Å². The average molecular weight is 272 g/mol. The van der Waals surface area contributed by atoms with Gasteiger partial charge in [0.15, 0.2) is 0 Å². The molecule has 0 saturated heterocycles. The second-order valence-corrected chi connectivity index (χ2v) is 5.41. The molecule has 1 aliphatic carbocycles. The molecule has 0 N–H and O–H groups in total. The topological polar surface area (TPSA) is 56.5 Å². The summed E-state index contributed by atoms with van der Waals surface area (Å²) in [4.78, 5) is 22.7. The lowest BCUT2D eigenvalue weighted by atomic mass is 9.79. The highest BCUT2D eigenvalue weighted by Gasteiger charge is 2.32. The zero-order valence-corrected chi connectivity index (χ0v) is 11.3. The molecule has 4 nitrogen and oxygen atoms in total. The minimum Gasteiger partial charge on any atom is -0.485 e. The summed E-state index contributed by atoms with van der Waals surface area (Å²) in [6, 6.07) is 1.74. The molecule has 104 valence electrons. The van der Waals surface area contributed by atoms with Crippen molar-refractivity contribution in [3.63, 3.8) is 0 Å². The molecule has 1 aromatic rings. The molecule has 0 unspecified atom stereocenters. The first-order valence-electron chi connectivity index (χ1n) is 6.74. The molecule has 3 rings (SSSR count). The second-order valence-electron chi connectivity index (χ2n) is 5.41. The van der Waals surface area contributed by atoms with E-state index in [9.17, 15) is 9.59 Å². The summed E-state index contributed by atoms with van der Waals surface area (Å²) in [6.45, 7) is 5.52. The third-order valence-corrected chi connectivity index (χ3v) is 4.04. The van der Waals surface area contributed by atoms with Gasteiger partial charge in [-0.1, -0.05) is 6.58 Å². The van der Waals surface area contributed by atoms with Crippen LogP contribution >= 0.6 is 0 Å². The molecule has 2 aliphatic rings. The highest BCUT2D eigenvalue weighted by atomic mass is 16.5. The minimum absolute atomic E-state index is 0.0702.